The van der Waals surface area contributed by atoms with Gasteiger partial charge in [-0.2, -0.15) is 0 Å². The first-order valence-corrected chi connectivity index (χ1v) is 4.38. The Kier molecular flexibility index (Phi) is 3.82. The minimum absolute atomic E-state index is 0.339. The van der Waals surface area contributed by atoms with E-state index in [1.807, 2.05) is 25.1 Å². The number of benzene rings is 1. The van der Waals surface area contributed by atoms with Crippen molar-refractivity contribution in [2.24, 2.45) is 0 Å². The van der Waals surface area contributed by atoms with Gasteiger partial charge in [0, 0.05) is 5.02 Å². The molecule has 1 rings (SSSR count). The van der Waals surface area contributed by atoms with Crippen molar-refractivity contribution in [3.05, 3.63) is 34.3 Å². The van der Waals surface area contributed by atoms with Gasteiger partial charge in [-0.25, -0.2) is 0 Å². The van der Waals surface area contributed by atoms with Gasteiger partial charge < -0.3 is 4.74 Å². The largest absolute Gasteiger partial charge is 0.364 e. The molecular formula is C11H11ClO. The average molecular weight is 195 g/mol. The Morgan fingerprint density at radius 1 is 1.54 bits per heavy atom. The van der Waals surface area contributed by atoms with Crippen molar-refractivity contribution in [1.82, 2.24) is 0 Å². The predicted octanol–water partition coefficient (Wildman–Crippen LogP) is 2.80. The zero-order valence-electron chi connectivity index (χ0n) is 7.51. The van der Waals surface area contributed by atoms with E-state index in [4.69, 9.17) is 22.8 Å². The maximum atomic E-state index is 5.93. The second kappa shape index (κ2) is 4.91. The smallest absolute Gasteiger partial charge is 0.107 e. The third-order valence-corrected chi connectivity index (χ3v) is 2.10. The van der Waals surface area contributed by atoms with Crippen LogP contribution < -0.4 is 0 Å². The molecule has 13 heavy (non-hydrogen) atoms. The second-order valence-corrected chi connectivity index (χ2v) is 3.19. The molecule has 0 spiro atoms. The van der Waals surface area contributed by atoms with Crippen LogP contribution in [-0.2, 0) is 11.3 Å². The maximum Gasteiger partial charge on any atom is 0.107 e. The molecule has 0 N–H and O–H groups in total. The van der Waals surface area contributed by atoms with Gasteiger partial charge in [-0.15, -0.1) is 6.42 Å². The van der Waals surface area contributed by atoms with Crippen LogP contribution in [0.2, 0.25) is 5.02 Å². The first-order valence-electron chi connectivity index (χ1n) is 4.00. The Balaban J connectivity index is 2.59. The summed E-state index contributed by atoms with van der Waals surface area (Å²) in [5, 5.41) is 0.766. The molecule has 1 nitrogen and oxygen atoms in total. The Morgan fingerprint density at radius 3 is 2.92 bits per heavy atom. The third kappa shape index (κ3) is 3.10. The van der Waals surface area contributed by atoms with E-state index in [2.05, 4.69) is 5.92 Å². The summed E-state index contributed by atoms with van der Waals surface area (Å²) in [6.07, 6.45) is 5.05. The van der Waals surface area contributed by atoms with E-state index in [0.29, 0.717) is 13.2 Å². The number of ether oxygens (including phenoxy) is 1. The highest BCUT2D eigenvalue weighted by atomic mass is 35.5. The van der Waals surface area contributed by atoms with Crippen LogP contribution in [0.4, 0.5) is 0 Å². The summed E-state index contributed by atoms with van der Waals surface area (Å²) in [6.45, 7) is 2.82. The summed E-state index contributed by atoms with van der Waals surface area (Å²) in [6, 6.07) is 5.85. The summed E-state index contributed by atoms with van der Waals surface area (Å²) in [4.78, 5) is 0. The fourth-order valence-corrected chi connectivity index (χ4v) is 1.16. The molecule has 1 aromatic carbocycles. The number of terminal acetylenes is 1. The predicted molar refractivity (Wildman–Crippen MR) is 54.7 cm³/mol. The minimum atomic E-state index is 0.339. The van der Waals surface area contributed by atoms with Crippen molar-refractivity contribution in [2.75, 3.05) is 6.61 Å². The van der Waals surface area contributed by atoms with Crippen molar-refractivity contribution in [3.63, 3.8) is 0 Å². The molecule has 0 saturated heterocycles. The fourth-order valence-electron chi connectivity index (χ4n) is 0.954. The molecule has 0 unspecified atom stereocenters. The van der Waals surface area contributed by atoms with Crippen LogP contribution in [0.3, 0.4) is 0 Å². The molecule has 0 aliphatic carbocycles. The lowest BCUT2D eigenvalue weighted by Gasteiger charge is -2.03. The van der Waals surface area contributed by atoms with E-state index in [1.165, 1.54) is 0 Å². The molecule has 0 atom stereocenters. The summed E-state index contributed by atoms with van der Waals surface area (Å²) in [5.74, 6) is 2.41. The van der Waals surface area contributed by atoms with Gasteiger partial charge >= 0.3 is 0 Å². The molecule has 0 amide bonds. The van der Waals surface area contributed by atoms with E-state index in [1.54, 1.807) is 0 Å². The van der Waals surface area contributed by atoms with E-state index >= 15 is 0 Å². The molecule has 1 aromatic rings. The lowest BCUT2D eigenvalue weighted by atomic mass is 10.2. The van der Waals surface area contributed by atoms with Crippen LogP contribution >= 0.6 is 11.6 Å². The molecule has 0 fully saturated rings. The van der Waals surface area contributed by atoms with Gasteiger partial charge in [0.05, 0.1) is 6.61 Å². The van der Waals surface area contributed by atoms with Crippen molar-refractivity contribution in [2.45, 2.75) is 13.5 Å². The number of hydrogen-bond acceptors (Lipinski definition) is 1. The molecule has 0 aromatic heterocycles. The average Bonchev–Trinajstić information content (AvgIpc) is 2.12. The van der Waals surface area contributed by atoms with E-state index in [-0.39, 0.29) is 0 Å². The molecule has 0 heterocycles. The third-order valence-electron chi connectivity index (χ3n) is 1.69. The van der Waals surface area contributed by atoms with E-state index in [9.17, 15) is 0 Å². The van der Waals surface area contributed by atoms with Crippen molar-refractivity contribution >= 4 is 11.6 Å². The second-order valence-electron chi connectivity index (χ2n) is 2.78. The van der Waals surface area contributed by atoms with Crippen LogP contribution in [0.5, 0.6) is 0 Å². The highest BCUT2D eigenvalue weighted by Crippen LogP contribution is 2.16. The fraction of sp³-hybridized carbons (Fsp3) is 0.273. The van der Waals surface area contributed by atoms with E-state index in [0.717, 1.165) is 16.1 Å². The summed E-state index contributed by atoms with van der Waals surface area (Å²) >= 11 is 5.93. The molecule has 0 aliphatic heterocycles. The molecule has 0 aliphatic rings. The van der Waals surface area contributed by atoms with Crippen LogP contribution in [0.15, 0.2) is 18.2 Å². The molecule has 0 radical (unpaired) electrons. The lowest BCUT2D eigenvalue weighted by molar-refractivity contribution is 0.153. The van der Waals surface area contributed by atoms with Crippen LogP contribution in [0, 0.1) is 19.3 Å². The van der Waals surface area contributed by atoms with Crippen LogP contribution in [-0.4, -0.2) is 6.61 Å². The van der Waals surface area contributed by atoms with Crippen LogP contribution in [0.1, 0.15) is 11.1 Å². The standard InChI is InChI=1S/C11H11ClO/c1-3-6-13-8-10-5-4-9(2)11(12)7-10/h1,4-5,7H,6,8H2,2H3. The number of hydrogen-bond donors (Lipinski definition) is 0. The Morgan fingerprint density at radius 2 is 2.31 bits per heavy atom. The topological polar surface area (TPSA) is 9.23 Å². The highest BCUT2D eigenvalue weighted by Gasteiger charge is 1.97. The van der Waals surface area contributed by atoms with Gasteiger partial charge in [0.15, 0.2) is 0 Å². The molecular weight excluding hydrogens is 184 g/mol. The van der Waals surface area contributed by atoms with Gasteiger partial charge in [-0.05, 0) is 24.1 Å². The first kappa shape index (κ1) is 10.1. The van der Waals surface area contributed by atoms with Gasteiger partial charge in [0.2, 0.25) is 0 Å². The quantitative estimate of drug-likeness (QED) is 0.531. The van der Waals surface area contributed by atoms with Gasteiger partial charge in [0.25, 0.3) is 0 Å². The minimum Gasteiger partial charge on any atom is -0.364 e. The first-order chi connectivity index (χ1) is 6.24. The number of aryl methyl sites for hydroxylation is 1. The maximum absolute atomic E-state index is 5.93. The Labute approximate surface area is 83.7 Å². The van der Waals surface area contributed by atoms with Crippen LogP contribution in [0.25, 0.3) is 0 Å². The van der Waals surface area contributed by atoms with Crippen molar-refractivity contribution in [1.29, 1.82) is 0 Å². The van der Waals surface area contributed by atoms with Gasteiger partial charge in [-0.1, -0.05) is 29.7 Å². The van der Waals surface area contributed by atoms with E-state index < -0.39 is 0 Å². The Hall–Kier alpha value is -0.970. The molecule has 2 heteroatoms. The highest BCUT2D eigenvalue weighted by molar-refractivity contribution is 6.31. The normalized spacial score (nSPS) is 9.62. The summed E-state index contributed by atoms with van der Waals surface area (Å²) in [5.41, 5.74) is 2.12. The number of rotatable bonds is 3. The van der Waals surface area contributed by atoms with Crippen molar-refractivity contribution < 1.29 is 4.74 Å². The zero-order chi connectivity index (χ0) is 9.68. The Bertz CT molecular complexity index is 325. The zero-order valence-corrected chi connectivity index (χ0v) is 8.27. The lowest BCUT2D eigenvalue weighted by Crippen LogP contribution is -1.93. The molecule has 68 valence electrons. The molecule has 0 saturated carbocycles. The summed E-state index contributed by atoms with van der Waals surface area (Å²) < 4.78 is 5.17. The monoisotopic (exact) mass is 194 g/mol. The summed E-state index contributed by atoms with van der Waals surface area (Å²) in [7, 11) is 0. The van der Waals surface area contributed by atoms with Gasteiger partial charge in [-0.3, -0.25) is 0 Å². The molecule has 0 bridgehead atoms. The van der Waals surface area contributed by atoms with Gasteiger partial charge in [0.1, 0.15) is 6.61 Å². The number of halogens is 1. The SMILES string of the molecule is C#CCOCc1ccc(C)c(Cl)c1. The van der Waals surface area contributed by atoms with Crippen molar-refractivity contribution in [3.8, 4) is 12.3 Å².